The van der Waals surface area contributed by atoms with Crippen molar-refractivity contribution in [2.24, 2.45) is 0 Å². The summed E-state index contributed by atoms with van der Waals surface area (Å²) < 4.78 is 7.71. The molecule has 0 saturated heterocycles. The van der Waals surface area contributed by atoms with Gasteiger partial charge in [-0.05, 0) is 38.3 Å². The van der Waals surface area contributed by atoms with E-state index in [9.17, 15) is 4.79 Å². The number of fused-ring (bicyclic) bond motifs is 1. The van der Waals surface area contributed by atoms with Crippen LogP contribution in [-0.4, -0.2) is 15.6 Å². The molecule has 0 atom stereocenters. The number of Topliss-reactive ketones (excluding diaryl/α,β-unsaturated/α-hetero) is 1. The van der Waals surface area contributed by atoms with Gasteiger partial charge in [-0.1, -0.05) is 18.2 Å². The molecule has 1 aliphatic rings. The van der Waals surface area contributed by atoms with Crippen molar-refractivity contribution < 1.29 is 9.53 Å². The smallest absolute Gasteiger partial charge is 0.163 e. The minimum atomic E-state index is 0.0832. The normalized spacial score (nSPS) is 13.8. The maximum Gasteiger partial charge on any atom is 0.163 e. The van der Waals surface area contributed by atoms with Crippen LogP contribution in [0.5, 0.6) is 5.75 Å². The molecular weight excluding hydrogens is 252 g/mol. The molecule has 0 radical (unpaired) electrons. The molecule has 20 heavy (non-hydrogen) atoms. The maximum absolute atomic E-state index is 11.9. The molecule has 2 heterocycles. The number of para-hydroxylation sites is 1. The van der Waals surface area contributed by atoms with Gasteiger partial charge in [0.2, 0.25) is 0 Å². The van der Waals surface area contributed by atoms with E-state index in [4.69, 9.17) is 4.74 Å². The fraction of sp³-hybridized carbons (Fsp3) is 0.375. The predicted molar refractivity (Wildman–Crippen MR) is 75.9 cm³/mol. The number of hydrogen-bond acceptors (Lipinski definition) is 3. The minimum Gasteiger partial charge on any atom is -0.487 e. The Balaban J connectivity index is 1.85. The number of nitrogens with zero attached hydrogens (tertiary/aromatic N) is 2. The first-order chi connectivity index (χ1) is 9.75. The van der Waals surface area contributed by atoms with Crippen LogP contribution in [0.15, 0.2) is 30.3 Å². The lowest BCUT2D eigenvalue weighted by Gasteiger charge is -2.13. The van der Waals surface area contributed by atoms with Gasteiger partial charge in [0.25, 0.3) is 0 Å². The largest absolute Gasteiger partial charge is 0.487 e. The number of ether oxygens (including phenoxy) is 1. The topological polar surface area (TPSA) is 44.1 Å². The van der Waals surface area contributed by atoms with Crippen LogP contribution >= 0.6 is 0 Å². The van der Waals surface area contributed by atoms with E-state index in [1.165, 1.54) is 0 Å². The van der Waals surface area contributed by atoms with Crippen LogP contribution in [0, 0.1) is 0 Å². The minimum absolute atomic E-state index is 0.0832. The molecule has 104 valence electrons. The van der Waals surface area contributed by atoms with Gasteiger partial charge in [-0.15, -0.1) is 0 Å². The Morgan fingerprint density at radius 3 is 2.85 bits per heavy atom. The van der Waals surface area contributed by atoms with E-state index in [0.717, 1.165) is 48.5 Å². The Labute approximate surface area is 118 Å². The van der Waals surface area contributed by atoms with Crippen LogP contribution in [-0.2, 0) is 19.6 Å². The molecule has 1 aromatic carbocycles. The molecule has 0 fully saturated rings. The monoisotopic (exact) mass is 270 g/mol. The summed E-state index contributed by atoms with van der Waals surface area (Å²) in [5.41, 5.74) is 2.61. The Hall–Kier alpha value is -2.10. The molecule has 0 spiro atoms. The molecule has 0 saturated carbocycles. The molecule has 0 N–H and O–H groups in total. The molecule has 4 nitrogen and oxygen atoms in total. The van der Waals surface area contributed by atoms with E-state index in [1.807, 2.05) is 35.0 Å². The highest BCUT2D eigenvalue weighted by Crippen LogP contribution is 2.23. The number of carbonyl (C=O) groups excluding carboxylic acids is 1. The van der Waals surface area contributed by atoms with Crippen molar-refractivity contribution in [3.05, 3.63) is 47.3 Å². The highest BCUT2D eigenvalue weighted by atomic mass is 16.5. The zero-order valence-electron chi connectivity index (χ0n) is 11.6. The van der Waals surface area contributed by atoms with Crippen LogP contribution in [0.4, 0.5) is 0 Å². The Morgan fingerprint density at radius 1 is 1.30 bits per heavy atom. The van der Waals surface area contributed by atoms with Gasteiger partial charge < -0.3 is 4.74 Å². The SMILES string of the molecule is CC(=O)c1c(COc2ccccc2)nn2c1CCCC2. The third-order valence-corrected chi connectivity index (χ3v) is 3.63. The van der Waals surface area contributed by atoms with E-state index in [-0.39, 0.29) is 5.78 Å². The highest BCUT2D eigenvalue weighted by Gasteiger charge is 2.23. The van der Waals surface area contributed by atoms with Gasteiger partial charge in [-0.3, -0.25) is 9.48 Å². The number of aromatic nitrogens is 2. The molecule has 0 amide bonds. The summed E-state index contributed by atoms with van der Waals surface area (Å²) in [4.78, 5) is 11.9. The summed E-state index contributed by atoms with van der Waals surface area (Å²) in [6.07, 6.45) is 3.20. The van der Waals surface area contributed by atoms with Gasteiger partial charge in [0, 0.05) is 12.2 Å². The first-order valence-corrected chi connectivity index (χ1v) is 7.03. The van der Waals surface area contributed by atoms with Gasteiger partial charge in [0.1, 0.15) is 18.1 Å². The number of ketones is 1. The average molecular weight is 270 g/mol. The third-order valence-electron chi connectivity index (χ3n) is 3.63. The number of aryl methyl sites for hydroxylation is 1. The van der Waals surface area contributed by atoms with Crippen molar-refractivity contribution >= 4 is 5.78 Å². The molecule has 3 rings (SSSR count). The molecule has 0 unspecified atom stereocenters. The molecular formula is C16H18N2O2. The summed E-state index contributed by atoms with van der Waals surface area (Å²) in [5.74, 6) is 0.882. The fourth-order valence-electron chi connectivity index (χ4n) is 2.72. The molecule has 1 aromatic heterocycles. The standard InChI is InChI=1S/C16H18N2O2/c1-12(19)16-14(11-20-13-7-3-2-4-8-13)17-18-10-6-5-9-15(16)18/h2-4,7-8H,5-6,9-11H2,1H3. The van der Waals surface area contributed by atoms with Crippen molar-refractivity contribution in [1.82, 2.24) is 9.78 Å². The first kappa shape index (κ1) is 12.9. The van der Waals surface area contributed by atoms with Crippen LogP contribution in [0.3, 0.4) is 0 Å². The second-order valence-electron chi connectivity index (χ2n) is 5.11. The van der Waals surface area contributed by atoms with Crippen molar-refractivity contribution in [1.29, 1.82) is 0 Å². The fourth-order valence-corrected chi connectivity index (χ4v) is 2.72. The number of carbonyl (C=O) groups is 1. The molecule has 0 bridgehead atoms. The molecule has 0 aliphatic carbocycles. The van der Waals surface area contributed by atoms with Crippen molar-refractivity contribution in [3.8, 4) is 5.75 Å². The van der Waals surface area contributed by atoms with Crippen LogP contribution < -0.4 is 4.74 Å². The van der Waals surface area contributed by atoms with Crippen molar-refractivity contribution in [2.45, 2.75) is 39.3 Å². The van der Waals surface area contributed by atoms with Crippen molar-refractivity contribution in [3.63, 3.8) is 0 Å². The molecule has 2 aromatic rings. The Kier molecular flexibility index (Phi) is 3.54. The first-order valence-electron chi connectivity index (χ1n) is 7.03. The number of benzene rings is 1. The average Bonchev–Trinajstić information content (AvgIpc) is 2.84. The highest BCUT2D eigenvalue weighted by molar-refractivity contribution is 5.96. The lowest BCUT2D eigenvalue weighted by molar-refractivity contribution is 0.101. The zero-order chi connectivity index (χ0) is 13.9. The van der Waals surface area contributed by atoms with Crippen molar-refractivity contribution in [2.75, 3.05) is 0 Å². The molecule has 4 heteroatoms. The molecule has 1 aliphatic heterocycles. The quantitative estimate of drug-likeness (QED) is 0.802. The second kappa shape index (κ2) is 5.49. The summed E-state index contributed by atoms with van der Waals surface area (Å²) in [6, 6.07) is 9.62. The van der Waals surface area contributed by atoms with E-state index in [2.05, 4.69) is 5.10 Å². The second-order valence-corrected chi connectivity index (χ2v) is 5.11. The van der Waals surface area contributed by atoms with Crippen LogP contribution in [0.2, 0.25) is 0 Å². The maximum atomic E-state index is 11.9. The van der Waals surface area contributed by atoms with E-state index in [0.29, 0.717) is 6.61 Å². The summed E-state index contributed by atoms with van der Waals surface area (Å²) in [5, 5.41) is 4.56. The Bertz CT molecular complexity index is 617. The van der Waals surface area contributed by atoms with Gasteiger partial charge in [0.05, 0.1) is 5.56 Å². The number of hydrogen-bond donors (Lipinski definition) is 0. The van der Waals surface area contributed by atoms with Gasteiger partial charge in [-0.25, -0.2) is 0 Å². The zero-order valence-corrected chi connectivity index (χ0v) is 11.6. The van der Waals surface area contributed by atoms with Gasteiger partial charge in [0.15, 0.2) is 5.78 Å². The van der Waals surface area contributed by atoms with Gasteiger partial charge >= 0.3 is 0 Å². The third kappa shape index (κ3) is 2.46. The van der Waals surface area contributed by atoms with Crippen LogP contribution in [0.1, 0.15) is 41.5 Å². The summed E-state index contributed by atoms with van der Waals surface area (Å²) in [6.45, 7) is 2.86. The number of rotatable bonds is 4. The lowest BCUT2D eigenvalue weighted by atomic mass is 10.0. The van der Waals surface area contributed by atoms with E-state index >= 15 is 0 Å². The summed E-state index contributed by atoms with van der Waals surface area (Å²) in [7, 11) is 0. The van der Waals surface area contributed by atoms with E-state index < -0.39 is 0 Å². The van der Waals surface area contributed by atoms with Crippen LogP contribution in [0.25, 0.3) is 0 Å². The predicted octanol–water partition coefficient (Wildman–Crippen LogP) is 3.00. The lowest BCUT2D eigenvalue weighted by Crippen LogP contribution is -2.12. The summed E-state index contributed by atoms with van der Waals surface area (Å²) >= 11 is 0. The van der Waals surface area contributed by atoms with E-state index in [1.54, 1.807) is 6.92 Å². The van der Waals surface area contributed by atoms with Gasteiger partial charge in [-0.2, -0.15) is 5.10 Å². The Morgan fingerprint density at radius 2 is 2.10 bits per heavy atom.